The lowest BCUT2D eigenvalue weighted by Crippen LogP contribution is -2.17. The summed E-state index contributed by atoms with van der Waals surface area (Å²) >= 11 is 0. The van der Waals surface area contributed by atoms with Crippen molar-refractivity contribution in [1.82, 2.24) is 0 Å². The Balaban J connectivity index is 2.15. The molecule has 32 heavy (non-hydrogen) atoms. The Morgan fingerprint density at radius 1 is 0.469 bits per heavy atom. The number of allylic oxidation sites excluding steroid dienone is 4. The Bertz CT molecular complexity index is 1180. The molecule has 2 aliphatic rings. The van der Waals surface area contributed by atoms with Gasteiger partial charge in [-0.25, -0.2) is 0 Å². The number of benzene rings is 2. The van der Waals surface area contributed by atoms with Crippen LogP contribution in [0.15, 0.2) is 36.4 Å². The number of fused-ring (bicyclic) bond motifs is 2. The van der Waals surface area contributed by atoms with E-state index < -0.39 is 23.1 Å². The second kappa shape index (κ2) is 7.81. The molecule has 2 aromatic rings. The number of carbonyl (C=O) groups excluding carboxylic acids is 4. The molecule has 0 fully saturated rings. The number of carbonyl (C=O) groups is 4. The first-order chi connectivity index (χ1) is 15.4. The second-order valence-corrected chi connectivity index (χ2v) is 6.94. The van der Waals surface area contributed by atoms with Gasteiger partial charge < -0.3 is 18.9 Å². The van der Waals surface area contributed by atoms with Crippen LogP contribution in [0.2, 0.25) is 0 Å². The molecule has 162 valence electrons. The third kappa shape index (κ3) is 2.91. The first-order valence-corrected chi connectivity index (χ1v) is 9.49. The molecule has 0 amide bonds. The predicted octanol–water partition coefficient (Wildman–Crippen LogP) is 3.26. The highest BCUT2D eigenvalue weighted by molar-refractivity contribution is 6.27. The van der Waals surface area contributed by atoms with Crippen LogP contribution in [0.25, 0.3) is 11.1 Å². The number of hydrogen-bond donors (Lipinski definition) is 0. The molecule has 4 rings (SSSR count). The molecule has 0 spiro atoms. The van der Waals surface area contributed by atoms with Gasteiger partial charge in [-0.3, -0.25) is 19.2 Å². The first kappa shape index (κ1) is 21.0. The van der Waals surface area contributed by atoms with E-state index in [2.05, 4.69) is 0 Å². The Morgan fingerprint density at radius 2 is 0.781 bits per heavy atom. The van der Waals surface area contributed by atoms with Gasteiger partial charge in [0.15, 0.2) is 23.1 Å². The zero-order valence-corrected chi connectivity index (χ0v) is 17.7. The van der Waals surface area contributed by atoms with Gasteiger partial charge in [0.1, 0.15) is 23.0 Å². The molecular weight excluding hydrogens is 416 g/mol. The number of methoxy groups -OCH3 is 4. The van der Waals surface area contributed by atoms with Crippen molar-refractivity contribution >= 4 is 23.1 Å². The molecule has 0 unspecified atom stereocenters. The maximum atomic E-state index is 12.7. The number of hydrogen-bond acceptors (Lipinski definition) is 8. The Hall–Kier alpha value is -4.20. The van der Waals surface area contributed by atoms with Crippen LogP contribution in [0, 0.1) is 0 Å². The maximum absolute atomic E-state index is 12.7. The molecule has 2 aromatic carbocycles. The van der Waals surface area contributed by atoms with Gasteiger partial charge in [-0.05, 0) is 36.4 Å². The minimum Gasteiger partial charge on any atom is -0.496 e. The lowest BCUT2D eigenvalue weighted by molar-refractivity contribution is 0.0988. The monoisotopic (exact) mass is 434 g/mol. The van der Waals surface area contributed by atoms with E-state index in [0.717, 1.165) is 12.2 Å². The summed E-state index contributed by atoms with van der Waals surface area (Å²) < 4.78 is 21.9. The van der Waals surface area contributed by atoms with E-state index in [1.807, 2.05) is 0 Å². The Labute approximate surface area is 183 Å². The molecule has 2 aliphatic carbocycles. The molecular formula is C24H18O8. The van der Waals surface area contributed by atoms with Crippen LogP contribution in [0.4, 0.5) is 0 Å². The largest absolute Gasteiger partial charge is 0.496 e. The SMILES string of the molecule is COc1cc(-c2cc(OC)c3c(c2OC)C(=O)C=CC3=O)c(OC)c2c1C(=O)C=CC2=O. The topological polar surface area (TPSA) is 105 Å². The molecule has 8 heteroatoms. The van der Waals surface area contributed by atoms with Gasteiger partial charge in [-0.2, -0.15) is 0 Å². The third-order valence-electron chi connectivity index (χ3n) is 5.38. The second-order valence-electron chi connectivity index (χ2n) is 6.94. The number of ether oxygens (including phenoxy) is 4. The van der Waals surface area contributed by atoms with Crippen molar-refractivity contribution in [3.8, 4) is 34.1 Å². The number of rotatable bonds is 5. The highest BCUT2D eigenvalue weighted by Crippen LogP contribution is 2.48. The summed E-state index contributed by atoms with van der Waals surface area (Å²) in [6.07, 6.45) is 4.67. The van der Waals surface area contributed by atoms with Crippen LogP contribution in [-0.4, -0.2) is 51.6 Å². The summed E-state index contributed by atoms with van der Waals surface area (Å²) in [4.78, 5) is 50.5. The zero-order valence-electron chi connectivity index (χ0n) is 17.7. The molecule has 0 heterocycles. The maximum Gasteiger partial charge on any atom is 0.190 e. The van der Waals surface area contributed by atoms with Gasteiger partial charge in [0.2, 0.25) is 0 Å². The van der Waals surface area contributed by atoms with Gasteiger partial charge in [-0.15, -0.1) is 0 Å². The average molecular weight is 434 g/mol. The molecule has 0 atom stereocenters. The first-order valence-electron chi connectivity index (χ1n) is 9.49. The summed E-state index contributed by atoms with van der Waals surface area (Å²) in [5.41, 5.74) is 0.891. The van der Waals surface area contributed by atoms with Crippen molar-refractivity contribution in [3.63, 3.8) is 0 Å². The van der Waals surface area contributed by atoms with Crippen LogP contribution < -0.4 is 18.9 Å². The van der Waals surface area contributed by atoms with Crippen molar-refractivity contribution in [2.24, 2.45) is 0 Å². The average Bonchev–Trinajstić information content (AvgIpc) is 2.81. The van der Waals surface area contributed by atoms with E-state index in [0.29, 0.717) is 11.1 Å². The fourth-order valence-electron chi connectivity index (χ4n) is 4.02. The third-order valence-corrected chi connectivity index (χ3v) is 5.38. The van der Waals surface area contributed by atoms with Crippen LogP contribution in [-0.2, 0) is 0 Å². The number of ketones is 4. The molecule has 0 N–H and O–H groups in total. The van der Waals surface area contributed by atoms with Gasteiger partial charge >= 0.3 is 0 Å². The van der Waals surface area contributed by atoms with Crippen LogP contribution in [0.1, 0.15) is 41.4 Å². The van der Waals surface area contributed by atoms with E-state index in [4.69, 9.17) is 18.9 Å². The van der Waals surface area contributed by atoms with E-state index in [-0.39, 0.29) is 45.3 Å². The van der Waals surface area contributed by atoms with Gasteiger partial charge in [0.25, 0.3) is 0 Å². The normalized spacial score (nSPS) is 14.2. The summed E-state index contributed by atoms with van der Waals surface area (Å²) in [5, 5.41) is 0. The highest BCUT2D eigenvalue weighted by Gasteiger charge is 2.34. The summed E-state index contributed by atoms with van der Waals surface area (Å²) in [5.74, 6) is -1.16. The van der Waals surface area contributed by atoms with E-state index in [1.165, 1.54) is 52.7 Å². The Morgan fingerprint density at radius 3 is 1.06 bits per heavy atom. The van der Waals surface area contributed by atoms with Crippen LogP contribution >= 0.6 is 0 Å². The smallest absolute Gasteiger partial charge is 0.190 e. The summed E-state index contributed by atoms with van der Waals surface area (Å²) in [6.45, 7) is 0. The molecule has 0 saturated heterocycles. The van der Waals surface area contributed by atoms with Gasteiger partial charge in [0, 0.05) is 11.1 Å². The highest BCUT2D eigenvalue weighted by atomic mass is 16.5. The predicted molar refractivity (Wildman–Crippen MR) is 114 cm³/mol. The van der Waals surface area contributed by atoms with E-state index in [9.17, 15) is 19.2 Å². The summed E-state index contributed by atoms with van der Waals surface area (Å²) in [7, 11) is 5.47. The Kier molecular flexibility index (Phi) is 5.14. The van der Waals surface area contributed by atoms with E-state index in [1.54, 1.807) is 0 Å². The van der Waals surface area contributed by atoms with E-state index >= 15 is 0 Å². The quantitative estimate of drug-likeness (QED) is 0.706. The minimum atomic E-state index is -0.435. The molecule has 0 radical (unpaired) electrons. The van der Waals surface area contributed by atoms with Gasteiger partial charge in [-0.1, -0.05) is 0 Å². The lowest BCUT2D eigenvalue weighted by Gasteiger charge is -2.23. The minimum absolute atomic E-state index is 0.0374. The molecule has 8 nitrogen and oxygen atoms in total. The van der Waals surface area contributed by atoms with Crippen molar-refractivity contribution < 1.29 is 38.1 Å². The van der Waals surface area contributed by atoms with Crippen molar-refractivity contribution in [2.45, 2.75) is 0 Å². The molecule has 0 saturated carbocycles. The fourth-order valence-corrected chi connectivity index (χ4v) is 4.02. The fraction of sp³-hybridized carbons (Fsp3) is 0.167. The molecule has 0 aromatic heterocycles. The van der Waals surface area contributed by atoms with Gasteiger partial charge in [0.05, 0.1) is 50.7 Å². The lowest BCUT2D eigenvalue weighted by atomic mass is 9.85. The molecule has 0 bridgehead atoms. The standard InChI is InChI=1S/C24H18O8/c1-29-17-9-11(23(31-3)21-15(27)7-5-13(25)19(17)21)12-10-18(30-2)20-14(26)6-8-16(28)22(20)24(12)32-4/h5-10H,1-4H3. The molecule has 0 aliphatic heterocycles. The van der Waals surface area contributed by atoms with Crippen LogP contribution in [0.5, 0.6) is 23.0 Å². The van der Waals surface area contributed by atoms with Crippen molar-refractivity contribution in [2.75, 3.05) is 28.4 Å². The van der Waals surface area contributed by atoms with Crippen molar-refractivity contribution in [1.29, 1.82) is 0 Å². The zero-order chi connectivity index (χ0) is 23.2. The van der Waals surface area contributed by atoms with Crippen molar-refractivity contribution in [3.05, 3.63) is 58.7 Å². The van der Waals surface area contributed by atoms with Crippen LogP contribution in [0.3, 0.4) is 0 Å². The summed E-state index contributed by atoms with van der Waals surface area (Å²) in [6, 6.07) is 3.05.